The maximum absolute atomic E-state index is 12.4. The lowest BCUT2D eigenvalue weighted by Gasteiger charge is -2.29. The van der Waals surface area contributed by atoms with Crippen LogP contribution >= 0.6 is 0 Å². The summed E-state index contributed by atoms with van der Waals surface area (Å²) in [4.78, 5) is 23.3. The number of hydrogen-bond donors (Lipinski definition) is 2. The molecule has 0 saturated heterocycles. The van der Waals surface area contributed by atoms with Gasteiger partial charge in [0.1, 0.15) is 5.82 Å². The molecule has 4 rings (SSSR count). The van der Waals surface area contributed by atoms with Crippen LogP contribution in [0.2, 0.25) is 0 Å². The van der Waals surface area contributed by atoms with Gasteiger partial charge in [0.15, 0.2) is 11.5 Å². The van der Waals surface area contributed by atoms with Crippen LogP contribution in [-0.2, 0) is 0 Å². The number of hydrogen-bond acceptors (Lipinski definition) is 7. The summed E-state index contributed by atoms with van der Waals surface area (Å²) >= 11 is 0. The van der Waals surface area contributed by atoms with Gasteiger partial charge < -0.3 is 25.0 Å². The number of carbonyl (C=O) groups is 1. The molecule has 8 heteroatoms. The highest BCUT2D eigenvalue weighted by Crippen LogP contribution is 2.32. The fourth-order valence-corrected chi connectivity index (χ4v) is 3.74. The van der Waals surface area contributed by atoms with Crippen LogP contribution in [0.1, 0.15) is 36.0 Å². The molecule has 2 N–H and O–H groups in total. The molecule has 29 heavy (non-hydrogen) atoms. The van der Waals surface area contributed by atoms with E-state index in [1.165, 1.54) is 0 Å². The Hall–Kier alpha value is -3.03. The minimum absolute atomic E-state index is 0.0718. The molecular weight excluding hydrogens is 370 g/mol. The molecule has 0 unspecified atom stereocenters. The number of ether oxygens (including phenoxy) is 2. The summed E-state index contributed by atoms with van der Waals surface area (Å²) in [7, 11) is 3.93. The van der Waals surface area contributed by atoms with E-state index in [-0.39, 0.29) is 12.7 Å². The zero-order valence-corrected chi connectivity index (χ0v) is 16.9. The standard InChI is InChI=1S/C21H27N5O3/c1-26(2)19-9-10-22-21(25-19)24-16-6-3-14(4-7-16)12-23-20(27)15-5-8-17-18(11-15)29-13-28-17/h5,8-11,14,16H,3-4,6-7,12-13H2,1-2H3,(H,23,27)(H,22,24,25). The Kier molecular flexibility index (Phi) is 5.69. The van der Waals surface area contributed by atoms with E-state index in [1.807, 2.05) is 25.1 Å². The molecule has 2 aromatic rings. The zero-order valence-electron chi connectivity index (χ0n) is 16.9. The molecule has 0 bridgehead atoms. The summed E-state index contributed by atoms with van der Waals surface area (Å²) in [6, 6.07) is 7.55. The molecule has 1 amide bonds. The van der Waals surface area contributed by atoms with E-state index in [1.54, 1.807) is 24.4 Å². The number of anilines is 2. The van der Waals surface area contributed by atoms with Gasteiger partial charge in [-0.1, -0.05) is 0 Å². The average molecular weight is 397 g/mol. The third-order valence-corrected chi connectivity index (χ3v) is 5.47. The third-order valence-electron chi connectivity index (χ3n) is 5.47. The minimum atomic E-state index is -0.0718. The molecule has 1 aromatic heterocycles. The molecule has 1 fully saturated rings. The summed E-state index contributed by atoms with van der Waals surface area (Å²) in [6.45, 7) is 0.898. The van der Waals surface area contributed by atoms with Crippen molar-refractivity contribution in [3.05, 3.63) is 36.0 Å². The van der Waals surface area contributed by atoms with Crippen LogP contribution in [0.15, 0.2) is 30.5 Å². The molecule has 2 heterocycles. The second kappa shape index (κ2) is 8.55. The van der Waals surface area contributed by atoms with E-state index >= 15 is 0 Å². The quantitative estimate of drug-likeness (QED) is 0.775. The van der Waals surface area contributed by atoms with Crippen LogP contribution in [0.5, 0.6) is 11.5 Å². The molecule has 1 aromatic carbocycles. The van der Waals surface area contributed by atoms with Gasteiger partial charge in [0, 0.05) is 38.4 Å². The van der Waals surface area contributed by atoms with Crippen molar-refractivity contribution in [1.82, 2.24) is 15.3 Å². The first-order chi connectivity index (χ1) is 14.1. The van der Waals surface area contributed by atoms with Gasteiger partial charge in [-0.25, -0.2) is 4.98 Å². The van der Waals surface area contributed by atoms with Crippen molar-refractivity contribution in [3.63, 3.8) is 0 Å². The van der Waals surface area contributed by atoms with Crippen molar-refractivity contribution in [3.8, 4) is 11.5 Å². The van der Waals surface area contributed by atoms with Gasteiger partial charge in [-0.05, 0) is 55.9 Å². The van der Waals surface area contributed by atoms with Crippen molar-refractivity contribution < 1.29 is 14.3 Å². The lowest BCUT2D eigenvalue weighted by Crippen LogP contribution is -2.34. The summed E-state index contributed by atoms with van der Waals surface area (Å²) in [5.41, 5.74) is 0.600. The predicted octanol–water partition coefficient (Wildman–Crippen LogP) is 2.67. The normalized spacial score (nSPS) is 20.2. The summed E-state index contributed by atoms with van der Waals surface area (Å²) in [5, 5.41) is 6.51. The van der Waals surface area contributed by atoms with Gasteiger partial charge in [-0.2, -0.15) is 4.98 Å². The molecule has 0 atom stereocenters. The first kappa shape index (κ1) is 19.3. The Labute approximate surface area is 170 Å². The highest BCUT2D eigenvalue weighted by molar-refractivity contribution is 5.94. The van der Waals surface area contributed by atoms with E-state index in [9.17, 15) is 4.79 Å². The Morgan fingerprint density at radius 3 is 2.72 bits per heavy atom. The van der Waals surface area contributed by atoms with Gasteiger partial charge in [-0.15, -0.1) is 0 Å². The number of carbonyl (C=O) groups excluding carboxylic acids is 1. The fraction of sp³-hybridized carbons (Fsp3) is 0.476. The Morgan fingerprint density at radius 2 is 1.93 bits per heavy atom. The number of fused-ring (bicyclic) bond motifs is 1. The van der Waals surface area contributed by atoms with E-state index in [0.717, 1.165) is 31.5 Å². The number of rotatable bonds is 6. The van der Waals surface area contributed by atoms with Gasteiger partial charge in [0.25, 0.3) is 5.91 Å². The van der Waals surface area contributed by atoms with E-state index < -0.39 is 0 Å². The predicted molar refractivity (Wildman–Crippen MR) is 111 cm³/mol. The zero-order chi connectivity index (χ0) is 20.2. The summed E-state index contributed by atoms with van der Waals surface area (Å²) in [5.74, 6) is 3.30. The van der Waals surface area contributed by atoms with Crippen molar-refractivity contribution in [2.24, 2.45) is 5.92 Å². The highest BCUT2D eigenvalue weighted by atomic mass is 16.7. The molecule has 2 aliphatic rings. The van der Waals surface area contributed by atoms with Gasteiger partial charge >= 0.3 is 0 Å². The average Bonchev–Trinajstić information content (AvgIpc) is 3.21. The van der Waals surface area contributed by atoms with Crippen LogP contribution in [0.4, 0.5) is 11.8 Å². The maximum atomic E-state index is 12.4. The van der Waals surface area contributed by atoms with E-state index in [0.29, 0.717) is 41.5 Å². The highest BCUT2D eigenvalue weighted by Gasteiger charge is 2.23. The Bertz CT molecular complexity index is 865. The molecule has 154 valence electrons. The summed E-state index contributed by atoms with van der Waals surface area (Å²) < 4.78 is 10.6. The number of benzene rings is 1. The van der Waals surface area contributed by atoms with Crippen LogP contribution in [0, 0.1) is 5.92 Å². The van der Waals surface area contributed by atoms with Crippen molar-refractivity contribution in [2.75, 3.05) is 37.6 Å². The van der Waals surface area contributed by atoms with Gasteiger partial charge in [0.2, 0.25) is 12.7 Å². The monoisotopic (exact) mass is 397 g/mol. The minimum Gasteiger partial charge on any atom is -0.454 e. The second-order valence-electron chi connectivity index (χ2n) is 7.77. The molecule has 8 nitrogen and oxygen atoms in total. The molecule has 1 saturated carbocycles. The molecule has 0 radical (unpaired) electrons. The van der Waals surface area contributed by atoms with Crippen molar-refractivity contribution in [2.45, 2.75) is 31.7 Å². The first-order valence-corrected chi connectivity index (χ1v) is 10.0. The van der Waals surface area contributed by atoms with Crippen LogP contribution in [0.25, 0.3) is 0 Å². The second-order valence-corrected chi connectivity index (χ2v) is 7.77. The number of nitrogens with one attached hydrogen (secondary N) is 2. The molecule has 1 aliphatic heterocycles. The van der Waals surface area contributed by atoms with E-state index in [2.05, 4.69) is 20.6 Å². The number of aromatic nitrogens is 2. The molecular formula is C21H27N5O3. The van der Waals surface area contributed by atoms with Crippen molar-refractivity contribution in [1.29, 1.82) is 0 Å². The third kappa shape index (κ3) is 4.70. The Balaban J connectivity index is 1.23. The Morgan fingerprint density at radius 1 is 1.14 bits per heavy atom. The van der Waals surface area contributed by atoms with Crippen molar-refractivity contribution >= 4 is 17.7 Å². The lowest BCUT2D eigenvalue weighted by atomic mass is 9.86. The van der Waals surface area contributed by atoms with Gasteiger partial charge in [-0.3, -0.25) is 4.79 Å². The van der Waals surface area contributed by atoms with Crippen LogP contribution in [0.3, 0.4) is 0 Å². The van der Waals surface area contributed by atoms with Crippen LogP contribution in [-0.4, -0.2) is 49.4 Å². The first-order valence-electron chi connectivity index (χ1n) is 10.0. The SMILES string of the molecule is CN(C)c1ccnc(NC2CCC(CNC(=O)c3ccc4c(c3)OCO4)CC2)n1. The summed E-state index contributed by atoms with van der Waals surface area (Å²) in [6.07, 6.45) is 5.99. The molecule has 0 spiro atoms. The van der Waals surface area contributed by atoms with E-state index in [4.69, 9.17) is 9.47 Å². The largest absolute Gasteiger partial charge is 0.454 e. The lowest BCUT2D eigenvalue weighted by molar-refractivity contribution is 0.0943. The fourth-order valence-electron chi connectivity index (χ4n) is 3.74. The smallest absolute Gasteiger partial charge is 0.251 e. The van der Waals surface area contributed by atoms with Crippen LogP contribution < -0.4 is 25.0 Å². The number of amides is 1. The maximum Gasteiger partial charge on any atom is 0.251 e. The topological polar surface area (TPSA) is 88.6 Å². The van der Waals surface area contributed by atoms with Gasteiger partial charge in [0.05, 0.1) is 0 Å². The molecule has 1 aliphatic carbocycles. The number of nitrogens with zero attached hydrogens (tertiary/aromatic N) is 3.